The van der Waals surface area contributed by atoms with Gasteiger partial charge < -0.3 is 10.1 Å². The lowest BCUT2D eigenvalue weighted by Crippen LogP contribution is -2.28. The second-order valence-corrected chi connectivity index (χ2v) is 5.43. The summed E-state index contributed by atoms with van der Waals surface area (Å²) in [6.45, 7) is 5.97. The van der Waals surface area contributed by atoms with E-state index in [1.807, 2.05) is 19.1 Å². The van der Waals surface area contributed by atoms with Crippen LogP contribution in [-0.4, -0.2) is 18.6 Å². The van der Waals surface area contributed by atoms with E-state index in [0.717, 1.165) is 20.2 Å². The molecule has 5 heteroatoms. The van der Waals surface area contributed by atoms with Crippen molar-refractivity contribution in [1.82, 2.24) is 0 Å². The number of anilines is 1. The summed E-state index contributed by atoms with van der Waals surface area (Å²) in [5.41, 5.74) is 1.99. The summed E-state index contributed by atoms with van der Waals surface area (Å²) in [4.78, 5) is 11.5. The first-order valence-corrected chi connectivity index (χ1v) is 6.93. The van der Waals surface area contributed by atoms with E-state index in [-0.39, 0.29) is 12.0 Å². The van der Waals surface area contributed by atoms with Crippen LogP contribution in [0.1, 0.15) is 19.4 Å². The number of esters is 1. The summed E-state index contributed by atoms with van der Waals surface area (Å²) in [7, 11) is 0. The molecule has 1 N–H and O–H groups in total. The van der Waals surface area contributed by atoms with Crippen LogP contribution in [0.25, 0.3) is 0 Å². The van der Waals surface area contributed by atoms with E-state index in [9.17, 15) is 4.79 Å². The van der Waals surface area contributed by atoms with Crippen molar-refractivity contribution in [3.8, 4) is 0 Å². The van der Waals surface area contributed by atoms with E-state index in [2.05, 4.69) is 37.2 Å². The summed E-state index contributed by atoms with van der Waals surface area (Å²) in [6.07, 6.45) is 0. The van der Waals surface area contributed by atoms with E-state index < -0.39 is 0 Å². The molecule has 0 aromatic heterocycles. The fraction of sp³-hybridized carbons (Fsp3) is 0.417. The maximum absolute atomic E-state index is 11.5. The number of carbonyl (C=O) groups is 1. The minimum atomic E-state index is -0.384. The normalized spacial score (nSPS) is 12.1. The number of nitrogens with one attached hydrogen (secondary N) is 1. The van der Waals surface area contributed by atoms with Crippen molar-refractivity contribution in [3.63, 3.8) is 0 Å². The van der Waals surface area contributed by atoms with Crippen LogP contribution in [0.3, 0.4) is 0 Å². The lowest BCUT2D eigenvalue weighted by molar-refractivity contribution is -0.143. The molecule has 0 fully saturated rings. The number of halogens is 2. The van der Waals surface area contributed by atoms with Gasteiger partial charge in [-0.1, -0.05) is 0 Å². The molecule has 0 saturated carbocycles. The van der Waals surface area contributed by atoms with Gasteiger partial charge in [-0.2, -0.15) is 0 Å². The molecule has 0 heterocycles. The Bertz CT molecular complexity index is 398. The van der Waals surface area contributed by atoms with Crippen LogP contribution in [0, 0.1) is 6.92 Å². The lowest BCUT2D eigenvalue weighted by Gasteiger charge is -2.17. The lowest BCUT2D eigenvalue weighted by atomic mass is 10.2. The van der Waals surface area contributed by atoms with Crippen LogP contribution in [0.2, 0.25) is 0 Å². The summed E-state index contributed by atoms with van der Waals surface area (Å²) >= 11 is 6.94. The third kappa shape index (κ3) is 4.00. The van der Waals surface area contributed by atoms with Crippen LogP contribution in [0.5, 0.6) is 0 Å². The van der Waals surface area contributed by atoms with Crippen molar-refractivity contribution in [2.24, 2.45) is 0 Å². The molecule has 3 nitrogen and oxygen atoms in total. The van der Waals surface area contributed by atoms with Gasteiger partial charge >= 0.3 is 5.97 Å². The van der Waals surface area contributed by atoms with Crippen LogP contribution in [0.15, 0.2) is 21.1 Å². The molecule has 0 saturated heterocycles. The zero-order valence-electron chi connectivity index (χ0n) is 10.0. The van der Waals surface area contributed by atoms with Gasteiger partial charge in [0.1, 0.15) is 6.04 Å². The first kappa shape index (κ1) is 14.5. The Kier molecular flexibility index (Phi) is 5.46. The Morgan fingerprint density at radius 2 is 1.94 bits per heavy atom. The number of benzene rings is 1. The average molecular weight is 365 g/mol. The summed E-state index contributed by atoms with van der Waals surface area (Å²) < 4.78 is 6.78. The maximum atomic E-state index is 11.5. The minimum Gasteiger partial charge on any atom is -0.464 e. The highest BCUT2D eigenvalue weighted by Crippen LogP contribution is 2.32. The molecule has 94 valence electrons. The van der Waals surface area contributed by atoms with Gasteiger partial charge in [-0.05, 0) is 70.3 Å². The summed E-state index contributed by atoms with van der Waals surface area (Å²) in [6, 6.07) is 3.60. The molecule has 1 rings (SSSR count). The van der Waals surface area contributed by atoms with Crippen LogP contribution < -0.4 is 5.32 Å². The molecule has 1 aromatic carbocycles. The predicted molar refractivity (Wildman–Crippen MR) is 76.3 cm³/mol. The highest BCUT2D eigenvalue weighted by atomic mass is 79.9. The van der Waals surface area contributed by atoms with Gasteiger partial charge in [0.2, 0.25) is 0 Å². The smallest absolute Gasteiger partial charge is 0.328 e. The molecular weight excluding hydrogens is 350 g/mol. The number of hydrogen-bond donors (Lipinski definition) is 1. The van der Waals surface area contributed by atoms with Gasteiger partial charge in [0.05, 0.1) is 12.3 Å². The first-order valence-electron chi connectivity index (χ1n) is 5.34. The Morgan fingerprint density at radius 1 is 1.41 bits per heavy atom. The van der Waals surface area contributed by atoms with E-state index >= 15 is 0 Å². The van der Waals surface area contributed by atoms with E-state index in [4.69, 9.17) is 4.74 Å². The molecule has 1 unspecified atom stereocenters. The Balaban J connectivity index is 2.85. The second-order valence-electron chi connectivity index (χ2n) is 3.72. The van der Waals surface area contributed by atoms with Crippen molar-refractivity contribution in [2.45, 2.75) is 26.8 Å². The Hall–Kier alpha value is -0.550. The van der Waals surface area contributed by atoms with Gasteiger partial charge in [0, 0.05) is 8.95 Å². The van der Waals surface area contributed by atoms with Gasteiger partial charge in [0.25, 0.3) is 0 Å². The molecule has 0 aliphatic carbocycles. The van der Waals surface area contributed by atoms with E-state index in [1.165, 1.54) is 0 Å². The van der Waals surface area contributed by atoms with Crippen molar-refractivity contribution >= 4 is 43.5 Å². The van der Waals surface area contributed by atoms with Crippen molar-refractivity contribution in [3.05, 3.63) is 26.6 Å². The van der Waals surface area contributed by atoms with Gasteiger partial charge in [0.15, 0.2) is 0 Å². The third-order valence-corrected chi connectivity index (χ3v) is 3.44. The Labute approximate surface area is 118 Å². The molecule has 0 amide bonds. The van der Waals surface area contributed by atoms with Crippen molar-refractivity contribution in [1.29, 1.82) is 0 Å². The molecule has 17 heavy (non-hydrogen) atoms. The predicted octanol–water partition coefficient (Wildman–Crippen LogP) is 3.88. The molecule has 0 aliphatic heterocycles. The van der Waals surface area contributed by atoms with Gasteiger partial charge in [-0.15, -0.1) is 0 Å². The minimum absolute atomic E-state index is 0.258. The highest BCUT2D eigenvalue weighted by molar-refractivity contribution is 9.11. The highest BCUT2D eigenvalue weighted by Gasteiger charge is 2.16. The SMILES string of the molecule is CCOC(=O)C(C)Nc1c(Br)cc(C)cc1Br. The summed E-state index contributed by atoms with van der Waals surface area (Å²) in [5, 5.41) is 3.12. The number of aryl methyl sites for hydroxylation is 1. The second kappa shape index (κ2) is 6.40. The zero-order chi connectivity index (χ0) is 13.0. The quantitative estimate of drug-likeness (QED) is 0.824. The topological polar surface area (TPSA) is 38.3 Å². The molecule has 1 atom stereocenters. The van der Waals surface area contributed by atoms with Gasteiger partial charge in [-0.3, -0.25) is 0 Å². The largest absolute Gasteiger partial charge is 0.464 e. The number of ether oxygens (including phenoxy) is 1. The van der Waals surface area contributed by atoms with E-state index in [0.29, 0.717) is 6.61 Å². The van der Waals surface area contributed by atoms with Crippen LogP contribution in [-0.2, 0) is 9.53 Å². The summed E-state index contributed by atoms with van der Waals surface area (Å²) in [5.74, 6) is -0.258. The molecule has 0 radical (unpaired) electrons. The van der Waals surface area contributed by atoms with Crippen molar-refractivity contribution in [2.75, 3.05) is 11.9 Å². The fourth-order valence-corrected chi connectivity index (χ4v) is 3.02. The average Bonchev–Trinajstić information content (AvgIpc) is 2.23. The fourth-order valence-electron chi connectivity index (χ4n) is 1.38. The third-order valence-electron chi connectivity index (χ3n) is 2.19. The standard InChI is InChI=1S/C12H15Br2NO2/c1-4-17-12(16)8(3)15-11-9(13)5-7(2)6-10(11)14/h5-6,8,15H,4H2,1-3H3. The molecular formula is C12H15Br2NO2. The number of rotatable bonds is 4. The van der Waals surface area contributed by atoms with Crippen LogP contribution >= 0.6 is 31.9 Å². The van der Waals surface area contributed by atoms with E-state index in [1.54, 1.807) is 13.8 Å². The first-order chi connectivity index (χ1) is 7.95. The van der Waals surface area contributed by atoms with Gasteiger partial charge in [-0.25, -0.2) is 4.79 Å². The molecule has 0 spiro atoms. The molecule has 0 bridgehead atoms. The number of carbonyl (C=O) groups excluding carboxylic acids is 1. The zero-order valence-corrected chi connectivity index (χ0v) is 13.2. The van der Waals surface area contributed by atoms with Crippen LogP contribution in [0.4, 0.5) is 5.69 Å². The molecule has 1 aromatic rings. The monoisotopic (exact) mass is 363 g/mol. The number of hydrogen-bond acceptors (Lipinski definition) is 3. The molecule has 0 aliphatic rings. The Morgan fingerprint density at radius 3 is 2.41 bits per heavy atom. The van der Waals surface area contributed by atoms with Crippen molar-refractivity contribution < 1.29 is 9.53 Å². The maximum Gasteiger partial charge on any atom is 0.328 e.